The van der Waals surface area contributed by atoms with Crippen molar-refractivity contribution in [1.29, 1.82) is 5.26 Å². The number of benzene rings is 2. The largest absolute Gasteiger partial charge is 0.346 e. The van der Waals surface area contributed by atoms with Gasteiger partial charge in [0.15, 0.2) is 0 Å². The third-order valence-corrected chi connectivity index (χ3v) is 4.82. The van der Waals surface area contributed by atoms with E-state index >= 15 is 0 Å². The molecule has 4 rings (SSSR count). The zero-order valence-corrected chi connectivity index (χ0v) is 15.8. The molecule has 0 radical (unpaired) electrons. The average molecular weight is 381 g/mol. The molecule has 0 bridgehead atoms. The van der Waals surface area contributed by atoms with Gasteiger partial charge >= 0.3 is 0 Å². The van der Waals surface area contributed by atoms with Crippen LogP contribution in [0.2, 0.25) is 0 Å². The first-order valence-corrected chi connectivity index (χ1v) is 9.20. The Balaban J connectivity index is 1.73. The monoisotopic (exact) mass is 381 g/mol. The summed E-state index contributed by atoms with van der Waals surface area (Å²) in [7, 11) is 0. The number of nitrogens with two attached hydrogens (primary N) is 1. The highest BCUT2D eigenvalue weighted by atomic mass is 16.1. The van der Waals surface area contributed by atoms with Crippen molar-refractivity contribution in [3.8, 4) is 17.2 Å². The van der Waals surface area contributed by atoms with Gasteiger partial charge in [0.2, 0.25) is 0 Å². The van der Waals surface area contributed by atoms with Gasteiger partial charge in [-0.05, 0) is 60.0 Å². The van der Waals surface area contributed by atoms with Crippen LogP contribution in [0.4, 0.5) is 5.69 Å². The van der Waals surface area contributed by atoms with Crippen LogP contribution in [0.1, 0.15) is 34.5 Å². The molecule has 1 atom stereocenters. The number of nitrogens with one attached hydrogen (secondary N) is 2. The number of anilines is 1. The number of hydrogen-bond acceptors (Lipinski definition) is 4. The highest BCUT2D eigenvalue weighted by molar-refractivity contribution is 6.08. The van der Waals surface area contributed by atoms with E-state index in [4.69, 9.17) is 5.73 Å². The lowest BCUT2D eigenvalue weighted by Gasteiger charge is -2.15. The number of pyridine rings is 1. The van der Waals surface area contributed by atoms with Crippen LogP contribution in [0.15, 0.2) is 67.0 Å². The number of aromatic amines is 1. The lowest BCUT2D eigenvalue weighted by molar-refractivity contribution is 0.102. The lowest BCUT2D eigenvalue weighted by Crippen LogP contribution is -2.14. The van der Waals surface area contributed by atoms with Crippen LogP contribution in [-0.2, 0) is 0 Å². The summed E-state index contributed by atoms with van der Waals surface area (Å²) in [5.74, 6) is -0.229. The summed E-state index contributed by atoms with van der Waals surface area (Å²) >= 11 is 0. The topological polar surface area (TPSA) is 108 Å². The fraction of sp³-hybridized carbons (Fsp3) is 0.0870. The minimum absolute atomic E-state index is 0.215. The maximum Gasteiger partial charge on any atom is 0.255 e. The summed E-state index contributed by atoms with van der Waals surface area (Å²) in [5, 5.41) is 13.0. The molecule has 4 aromatic rings. The molecule has 0 aliphatic heterocycles. The maximum absolute atomic E-state index is 12.9. The van der Waals surface area contributed by atoms with Crippen molar-refractivity contribution in [2.75, 3.05) is 5.32 Å². The van der Waals surface area contributed by atoms with E-state index in [0.717, 1.165) is 22.1 Å². The van der Waals surface area contributed by atoms with Crippen molar-refractivity contribution in [2.24, 2.45) is 5.73 Å². The van der Waals surface area contributed by atoms with E-state index in [1.807, 2.05) is 37.3 Å². The van der Waals surface area contributed by atoms with Gasteiger partial charge in [0, 0.05) is 29.4 Å². The number of aromatic nitrogens is 2. The standard InChI is InChI=1S/C23H19N5O/c1-14(25)18-6-5-17(12-20(18)16-4-2-3-15(11-16)13-24)23(29)28-21-8-10-27-22-19(21)7-9-26-22/h2-12,14H,25H2,1H3,(H2,26,27,28,29). The van der Waals surface area contributed by atoms with Crippen LogP contribution in [0.3, 0.4) is 0 Å². The van der Waals surface area contributed by atoms with Gasteiger partial charge in [0.1, 0.15) is 5.65 Å². The van der Waals surface area contributed by atoms with Crippen molar-refractivity contribution < 1.29 is 4.79 Å². The number of amides is 1. The van der Waals surface area contributed by atoms with Crippen molar-refractivity contribution in [1.82, 2.24) is 9.97 Å². The first kappa shape index (κ1) is 18.4. The second-order valence-electron chi connectivity index (χ2n) is 6.84. The quantitative estimate of drug-likeness (QED) is 0.488. The summed E-state index contributed by atoms with van der Waals surface area (Å²) in [6, 6.07) is 18.3. The molecule has 0 saturated heterocycles. The fourth-order valence-corrected chi connectivity index (χ4v) is 3.37. The number of rotatable bonds is 4. The van der Waals surface area contributed by atoms with Crippen molar-refractivity contribution in [2.45, 2.75) is 13.0 Å². The zero-order chi connectivity index (χ0) is 20.4. The van der Waals surface area contributed by atoms with Gasteiger partial charge in [0.05, 0.1) is 17.3 Å². The molecule has 2 aromatic heterocycles. The molecule has 142 valence electrons. The minimum Gasteiger partial charge on any atom is -0.346 e. The number of nitriles is 1. The molecule has 6 nitrogen and oxygen atoms in total. The van der Waals surface area contributed by atoms with Gasteiger partial charge in [-0.2, -0.15) is 5.26 Å². The third kappa shape index (κ3) is 3.59. The first-order valence-electron chi connectivity index (χ1n) is 9.20. The Morgan fingerprint density at radius 1 is 1.21 bits per heavy atom. The van der Waals surface area contributed by atoms with E-state index in [9.17, 15) is 10.1 Å². The number of carbonyl (C=O) groups excluding carboxylic acids is 1. The Morgan fingerprint density at radius 3 is 2.86 bits per heavy atom. The Bertz CT molecular complexity index is 1250. The van der Waals surface area contributed by atoms with Crippen LogP contribution in [-0.4, -0.2) is 15.9 Å². The van der Waals surface area contributed by atoms with E-state index in [1.165, 1.54) is 0 Å². The Hall–Kier alpha value is -3.95. The molecule has 0 spiro atoms. The van der Waals surface area contributed by atoms with Gasteiger partial charge in [-0.25, -0.2) is 4.98 Å². The van der Waals surface area contributed by atoms with Crippen LogP contribution in [0.25, 0.3) is 22.2 Å². The van der Waals surface area contributed by atoms with E-state index in [2.05, 4.69) is 21.4 Å². The minimum atomic E-state index is -0.229. The Kier molecular flexibility index (Phi) is 4.82. The van der Waals surface area contributed by atoms with Gasteiger partial charge in [-0.15, -0.1) is 0 Å². The number of carbonyl (C=O) groups is 1. The highest BCUT2D eigenvalue weighted by Crippen LogP contribution is 2.30. The van der Waals surface area contributed by atoms with E-state index < -0.39 is 0 Å². The maximum atomic E-state index is 12.9. The van der Waals surface area contributed by atoms with E-state index in [0.29, 0.717) is 22.5 Å². The summed E-state index contributed by atoms with van der Waals surface area (Å²) in [4.78, 5) is 20.2. The smallest absolute Gasteiger partial charge is 0.255 e. The van der Waals surface area contributed by atoms with E-state index in [1.54, 1.807) is 36.7 Å². The lowest BCUT2D eigenvalue weighted by atomic mass is 9.93. The summed E-state index contributed by atoms with van der Waals surface area (Å²) in [6.07, 6.45) is 3.43. The highest BCUT2D eigenvalue weighted by Gasteiger charge is 2.15. The van der Waals surface area contributed by atoms with Crippen LogP contribution in [0.5, 0.6) is 0 Å². The van der Waals surface area contributed by atoms with Gasteiger partial charge in [-0.3, -0.25) is 4.79 Å². The predicted molar refractivity (Wildman–Crippen MR) is 113 cm³/mol. The molecule has 1 unspecified atom stereocenters. The average Bonchev–Trinajstić information content (AvgIpc) is 3.23. The molecular weight excluding hydrogens is 362 g/mol. The molecule has 4 N–H and O–H groups in total. The molecule has 0 aliphatic rings. The van der Waals surface area contributed by atoms with Crippen LogP contribution in [0, 0.1) is 11.3 Å². The van der Waals surface area contributed by atoms with Crippen LogP contribution < -0.4 is 11.1 Å². The number of hydrogen-bond donors (Lipinski definition) is 3. The summed E-state index contributed by atoms with van der Waals surface area (Å²) < 4.78 is 0. The molecule has 2 aromatic carbocycles. The third-order valence-electron chi connectivity index (χ3n) is 4.82. The number of H-pyrrole nitrogens is 1. The first-order chi connectivity index (χ1) is 14.1. The zero-order valence-electron chi connectivity index (χ0n) is 15.8. The molecule has 0 fully saturated rings. The molecule has 1 amide bonds. The number of nitrogens with zero attached hydrogens (tertiary/aromatic N) is 2. The second-order valence-corrected chi connectivity index (χ2v) is 6.84. The van der Waals surface area contributed by atoms with Crippen molar-refractivity contribution >= 4 is 22.6 Å². The number of fused-ring (bicyclic) bond motifs is 1. The van der Waals surface area contributed by atoms with Gasteiger partial charge < -0.3 is 16.0 Å². The molecule has 2 heterocycles. The molecule has 6 heteroatoms. The molecular formula is C23H19N5O. The summed E-state index contributed by atoms with van der Waals surface area (Å²) in [6.45, 7) is 1.90. The van der Waals surface area contributed by atoms with Crippen molar-refractivity contribution in [3.05, 3.63) is 83.7 Å². The molecule has 0 saturated carbocycles. The van der Waals surface area contributed by atoms with E-state index in [-0.39, 0.29) is 11.9 Å². The molecule has 29 heavy (non-hydrogen) atoms. The summed E-state index contributed by atoms with van der Waals surface area (Å²) in [5.41, 5.74) is 11.2. The Morgan fingerprint density at radius 2 is 2.07 bits per heavy atom. The van der Waals surface area contributed by atoms with Gasteiger partial charge in [0.25, 0.3) is 5.91 Å². The molecule has 0 aliphatic carbocycles. The Labute approximate surface area is 168 Å². The normalized spacial score (nSPS) is 11.8. The van der Waals surface area contributed by atoms with Gasteiger partial charge in [-0.1, -0.05) is 18.2 Å². The van der Waals surface area contributed by atoms with Crippen LogP contribution >= 0.6 is 0 Å². The predicted octanol–water partition coefficient (Wildman–Crippen LogP) is 4.37. The fourth-order valence-electron chi connectivity index (χ4n) is 3.37. The van der Waals surface area contributed by atoms with Crippen molar-refractivity contribution in [3.63, 3.8) is 0 Å². The SMILES string of the molecule is CC(N)c1ccc(C(=O)Nc2ccnc3[nH]ccc23)cc1-c1cccc(C#N)c1. The second kappa shape index (κ2) is 7.58.